The van der Waals surface area contributed by atoms with E-state index in [2.05, 4.69) is 0 Å². The van der Waals surface area contributed by atoms with Gasteiger partial charge < -0.3 is 18.9 Å². The average molecular weight is 686 g/mol. The van der Waals surface area contributed by atoms with Gasteiger partial charge in [0.15, 0.2) is 11.5 Å². The molecule has 0 spiro atoms. The van der Waals surface area contributed by atoms with Crippen LogP contribution in [0.25, 0.3) is 11.1 Å². The zero-order chi connectivity index (χ0) is 23.0. The molecule has 0 unspecified atom stereocenters. The lowest BCUT2D eigenvalue weighted by Gasteiger charge is -2.22. The standard InChI is InChI=1S/C16H16I2O10S2/c1-25-9-5-7(17)15(29(19,20)21)13(27-3)11(9)12-10(26-2)6-8(18)16(14(12)28-4)30(22,23)24/h5-6H,1-4H3,(H,19,20,21)(H,22,23,24). The van der Waals surface area contributed by atoms with Crippen LogP contribution in [0.2, 0.25) is 0 Å². The smallest absolute Gasteiger partial charge is 0.299 e. The van der Waals surface area contributed by atoms with Gasteiger partial charge in [0.25, 0.3) is 20.2 Å². The SMILES string of the molecule is COc1cc(I)c(S(=O)(=O)O)c(OC)c1-c1c(OC)cc(I)c(S(=O)(=O)O)c1OC. The molecule has 0 heterocycles. The summed E-state index contributed by atoms with van der Waals surface area (Å²) in [5.41, 5.74) is -0.133. The second-order valence-corrected chi connectivity index (χ2v) is 10.6. The lowest BCUT2D eigenvalue weighted by Crippen LogP contribution is -2.10. The summed E-state index contributed by atoms with van der Waals surface area (Å²) >= 11 is 3.36. The molecule has 0 aliphatic rings. The van der Waals surface area contributed by atoms with E-state index in [-0.39, 0.29) is 41.3 Å². The fraction of sp³-hybridized carbons (Fsp3) is 0.250. The molecule has 0 saturated heterocycles. The number of ether oxygens (including phenoxy) is 4. The largest absolute Gasteiger partial charge is 0.496 e. The summed E-state index contributed by atoms with van der Waals surface area (Å²) in [5.74, 6) is -0.522. The minimum atomic E-state index is -4.76. The maximum Gasteiger partial charge on any atom is 0.299 e. The fourth-order valence-corrected chi connectivity index (χ4v) is 7.01. The third kappa shape index (κ3) is 4.57. The molecule has 0 atom stereocenters. The molecule has 2 N–H and O–H groups in total. The van der Waals surface area contributed by atoms with Crippen LogP contribution in [-0.4, -0.2) is 54.4 Å². The van der Waals surface area contributed by atoms with E-state index < -0.39 is 30.0 Å². The van der Waals surface area contributed by atoms with E-state index in [1.54, 1.807) is 45.2 Å². The monoisotopic (exact) mass is 686 g/mol. The quantitative estimate of drug-likeness (QED) is 0.329. The van der Waals surface area contributed by atoms with Crippen LogP contribution in [0.1, 0.15) is 0 Å². The number of halogens is 2. The highest BCUT2D eigenvalue weighted by molar-refractivity contribution is 14.1. The third-order valence-electron chi connectivity index (χ3n) is 3.92. The lowest BCUT2D eigenvalue weighted by molar-refractivity contribution is 0.373. The van der Waals surface area contributed by atoms with E-state index in [0.29, 0.717) is 0 Å². The topological polar surface area (TPSA) is 146 Å². The lowest BCUT2D eigenvalue weighted by atomic mass is 10.0. The Morgan fingerprint density at radius 2 is 0.967 bits per heavy atom. The van der Waals surface area contributed by atoms with Gasteiger partial charge in [-0.2, -0.15) is 16.8 Å². The van der Waals surface area contributed by atoms with Crippen molar-refractivity contribution < 1.29 is 44.9 Å². The first kappa shape index (κ1) is 25.2. The Labute approximate surface area is 200 Å². The predicted octanol–water partition coefficient (Wildman–Crippen LogP) is 3.09. The van der Waals surface area contributed by atoms with Crippen molar-refractivity contribution in [2.45, 2.75) is 9.79 Å². The van der Waals surface area contributed by atoms with Crippen molar-refractivity contribution in [2.24, 2.45) is 0 Å². The van der Waals surface area contributed by atoms with Crippen LogP contribution in [0.3, 0.4) is 0 Å². The first-order valence-corrected chi connectivity index (χ1v) is 12.7. The molecule has 2 rings (SSSR count). The van der Waals surface area contributed by atoms with Crippen LogP contribution in [0.15, 0.2) is 21.9 Å². The number of rotatable bonds is 7. The van der Waals surface area contributed by atoms with Gasteiger partial charge in [0.1, 0.15) is 21.3 Å². The Morgan fingerprint density at radius 3 is 1.17 bits per heavy atom. The molecule has 0 fully saturated rings. The van der Waals surface area contributed by atoms with Crippen LogP contribution in [0.5, 0.6) is 23.0 Å². The van der Waals surface area contributed by atoms with Gasteiger partial charge in [0, 0.05) is 7.14 Å². The molecule has 0 radical (unpaired) electrons. The molecule has 2 aromatic rings. The second-order valence-electron chi connectivity index (χ2n) is 5.55. The molecule has 0 aromatic heterocycles. The van der Waals surface area contributed by atoms with Gasteiger partial charge in [-0.3, -0.25) is 9.11 Å². The zero-order valence-electron chi connectivity index (χ0n) is 15.9. The highest BCUT2D eigenvalue weighted by Gasteiger charge is 2.34. The van der Waals surface area contributed by atoms with Crippen LogP contribution in [0.4, 0.5) is 0 Å². The number of hydrogen-bond acceptors (Lipinski definition) is 8. The second kappa shape index (κ2) is 9.19. The maximum absolute atomic E-state index is 12.0. The third-order valence-corrected chi connectivity index (χ3v) is 8.20. The molecule has 0 bridgehead atoms. The molecule has 0 aliphatic carbocycles. The molecule has 2 aromatic carbocycles. The Balaban J connectivity index is 3.27. The van der Waals surface area contributed by atoms with Gasteiger partial charge in [0.2, 0.25) is 0 Å². The summed E-state index contributed by atoms with van der Waals surface area (Å²) in [6.07, 6.45) is 0. The van der Waals surface area contributed by atoms with Gasteiger partial charge in [0.05, 0.1) is 39.6 Å². The molecule has 0 amide bonds. The van der Waals surface area contributed by atoms with E-state index in [9.17, 15) is 25.9 Å². The van der Waals surface area contributed by atoms with Gasteiger partial charge >= 0.3 is 0 Å². The molecule has 0 aliphatic heterocycles. The van der Waals surface area contributed by atoms with Crippen molar-refractivity contribution in [2.75, 3.05) is 28.4 Å². The van der Waals surface area contributed by atoms with Crippen molar-refractivity contribution in [3.63, 3.8) is 0 Å². The highest BCUT2D eigenvalue weighted by Crippen LogP contribution is 2.53. The average Bonchev–Trinajstić information content (AvgIpc) is 2.63. The molecule has 0 saturated carbocycles. The first-order chi connectivity index (χ1) is 13.8. The minimum Gasteiger partial charge on any atom is -0.496 e. The molecule has 30 heavy (non-hydrogen) atoms. The Morgan fingerprint density at radius 1 is 0.667 bits per heavy atom. The number of benzene rings is 2. The van der Waals surface area contributed by atoms with E-state index in [1.807, 2.05) is 0 Å². The fourth-order valence-electron chi connectivity index (χ4n) is 2.84. The van der Waals surface area contributed by atoms with Crippen molar-refractivity contribution >= 4 is 65.4 Å². The summed E-state index contributed by atoms with van der Waals surface area (Å²) in [6, 6.07) is 2.62. The summed E-state index contributed by atoms with van der Waals surface area (Å²) in [6.45, 7) is 0. The van der Waals surface area contributed by atoms with E-state index >= 15 is 0 Å². The van der Waals surface area contributed by atoms with E-state index in [0.717, 1.165) is 0 Å². The van der Waals surface area contributed by atoms with Crippen molar-refractivity contribution in [1.82, 2.24) is 0 Å². The minimum absolute atomic E-state index is 0.0666. The molecular weight excluding hydrogens is 670 g/mol. The van der Waals surface area contributed by atoms with Crippen LogP contribution in [-0.2, 0) is 20.2 Å². The predicted molar refractivity (Wildman–Crippen MR) is 123 cm³/mol. The summed E-state index contributed by atoms with van der Waals surface area (Å²) in [7, 11) is -4.58. The van der Waals surface area contributed by atoms with Gasteiger partial charge in [-0.1, -0.05) is 0 Å². The normalized spacial score (nSPS) is 11.9. The van der Waals surface area contributed by atoms with E-state index in [1.165, 1.54) is 40.6 Å². The van der Waals surface area contributed by atoms with Crippen LogP contribution < -0.4 is 18.9 Å². The Hall–Kier alpha value is -1.08. The van der Waals surface area contributed by atoms with Crippen molar-refractivity contribution in [3.05, 3.63) is 19.3 Å². The molecule has 10 nitrogen and oxygen atoms in total. The van der Waals surface area contributed by atoms with Crippen LogP contribution >= 0.6 is 45.2 Å². The zero-order valence-corrected chi connectivity index (χ0v) is 21.8. The molecule has 166 valence electrons. The summed E-state index contributed by atoms with van der Waals surface area (Å²) in [5, 5.41) is 0. The first-order valence-electron chi connectivity index (χ1n) is 7.67. The Kier molecular flexibility index (Phi) is 7.71. The number of methoxy groups -OCH3 is 4. The van der Waals surface area contributed by atoms with E-state index in [4.69, 9.17) is 18.9 Å². The van der Waals surface area contributed by atoms with Crippen molar-refractivity contribution in [3.8, 4) is 34.1 Å². The van der Waals surface area contributed by atoms with Gasteiger partial charge in [-0.15, -0.1) is 0 Å². The molecular formula is C16H16I2O10S2. The molecule has 14 heteroatoms. The Bertz CT molecular complexity index is 1110. The highest BCUT2D eigenvalue weighted by atomic mass is 127. The van der Waals surface area contributed by atoms with Gasteiger partial charge in [-0.25, -0.2) is 0 Å². The summed E-state index contributed by atoms with van der Waals surface area (Å²) < 4.78 is 89.1. The maximum atomic E-state index is 12.0. The van der Waals surface area contributed by atoms with Crippen molar-refractivity contribution in [1.29, 1.82) is 0 Å². The number of hydrogen-bond donors (Lipinski definition) is 2. The van der Waals surface area contributed by atoms with Gasteiger partial charge in [-0.05, 0) is 57.3 Å². The summed E-state index contributed by atoms with van der Waals surface area (Å²) in [4.78, 5) is -1.12. The van der Waals surface area contributed by atoms with Crippen LogP contribution in [0, 0.1) is 7.14 Å².